The first-order valence-electron chi connectivity index (χ1n) is 6.66. The first kappa shape index (κ1) is 14.0. The lowest BCUT2D eigenvalue weighted by Gasteiger charge is -2.07. The molecule has 1 fully saturated rings. The Morgan fingerprint density at radius 3 is 2.84 bits per heavy atom. The summed E-state index contributed by atoms with van der Waals surface area (Å²) in [5, 5.41) is 5.07. The molecule has 1 heterocycles. The van der Waals surface area contributed by atoms with E-state index in [2.05, 4.69) is 10.3 Å². The average molecular weight is 281 g/mol. The summed E-state index contributed by atoms with van der Waals surface area (Å²) in [6, 6.07) is 0. The minimum atomic E-state index is -0.413. The highest BCUT2D eigenvalue weighted by Gasteiger charge is 2.16. The van der Waals surface area contributed by atoms with Crippen LogP contribution < -0.4 is 11.1 Å². The Labute approximate surface area is 116 Å². The molecule has 1 aromatic rings. The van der Waals surface area contributed by atoms with Gasteiger partial charge in [0.25, 0.3) is 0 Å². The Balaban J connectivity index is 1.74. The molecule has 1 aliphatic carbocycles. The largest absolute Gasteiger partial charge is 0.369 e. The fourth-order valence-corrected chi connectivity index (χ4v) is 3.17. The first-order valence-corrected chi connectivity index (χ1v) is 7.54. The summed E-state index contributed by atoms with van der Waals surface area (Å²) in [6.07, 6.45) is 6.75. The van der Waals surface area contributed by atoms with Crippen molar-refractivity contribution in [1.82, 2.24) is 4.98 Å². The normalized spacial score (nSPS) is 15.6. The van der Waals surface area contributed by atoms with Crippen LogP contribution in [0.2, 0.25) is 0 Å². The molecule has 0 bridgehead atoms. The van der Waals surface area contributed by atoms with Crippen LogP contribution in [0.1, 0.15) is 44.2 Å². The predicted octanol–water partition coefficient (Wildman–Crippen LogP) is 2.08. The van der Waals surface area contributed by atoms with Gasteiger partial charge in [0.15, 0.2) is 5.13 Å². The Bertz CT molecular complexity index is 452. The molecular formula is C13H19N3O2S. The number of thiazole rings is 1. The quantitative estimate of drug-likeness (QED) is 0.837. The topological polar surface area (TPSA) is 85.1 Å². The van der Waals surface area contributed by atoms with Gasteiger partial charge in [-0.2, -0.15) is 0 Å². The van der Waals surface area contributed by atoms with Crippen LogP contribution in [0.5, 0.6) is 0 Å². The van der Waals surface area contributed by atoms with E-state index in [1.807, 2.05) is 0 Å². The van der Waals surface area contributed by atoms with Crippen LogP contribution in [0.4, 0.5) is 5.13 Å². The summed E-state index contributed by atoms with van der Waals surface area (Å²) in [5.41, 5.74) is 5.71. The van der Waals surface area contributed by atoms with Gasteiger partial charge in [0.05, 0.1) is 12.1 Å². The van der Waals surface area contributed by atoms with E-state index in [0.717, 1.165) is 6.42 Å². The van der Waals surface area contributed by atoms with Crippen molar-refractivity contribution in [2.24, 2.45) is 11.7 Å². The summed E-state index contributed by atoms with van der Waals surface area (Å²) < 4.78 is 0. The maximum atomic E-state index is 11.8. The van der Waals surface area contributed by atoms with Gasteiger partial charge in [-0.3, -0.25) is 9.59 Å². The fourth-order valence-electron chi connectivity index (χ4n) is 2.44. The summed E-state index contributed by atoms with van der Waals surface area (Å²) in [4.78, 5) is 26.7. The molecule has 6 heteroatoms. The highest BCUT2D eigenvalue weighted by atomic mass is 32.1. The standard InChI is InChI=1S/C13H19N3O2S/c14-11(17)7-10-8-19-13(15-10)16-12(18)6-5-9-3-1-2-4-9/h8-9H,1-7H2,(H2,14,17)(H,15,16,18). The maximum absolute atomic E-state index is 11.8. The monoisotopic (exact) mass is 281 g/mol. The van der Waals surface area contributed by atoms with Crippen LogP contribution in [0, 0.1) is 5.92 Å². The van der Waals surface area contributed by atoms with Gasteiger partial charge in [0.2, 0.25) is 11.8 Å². The third kappa shape index (κ3) is 4.63. The lowest BCUT2D eigenvalue weighted by Crippen LogP contribution is -2.15. The van der Waals surface area contributed by atoms with Crippen molar-refractivity contribution in [2.75, 3.05) is 5.32 Å². The molecule has 5 nitrogen and oxygen atoms in total. The zero-order valence-corrected chi connectivity index (χ0v) is 11.7. The second-order valence-electron chi connectivity index (χ2n) is 5.02. The molecule has 2 rings (SSSR count). The van der Waals surface area contributed by atoms with Gasteiger partial charge in [-0.1, -0.05) is 25.7 Å². The van der Waals surface area contributed by atoms with E-state index in [4.69, 9.17) is 5.73 Å². The lowest BCUT2D eigenvalue weighted by atomic mass is 10.0. The maximum Gasteiger partial charge on any atom is 0.226 e. The lowest BCUT2D eigenvalue weighted by molar-refractivity contribution is -0.117. The summed E-state index contributed by atoms with van der Waals surface area (Å²) >= 11 is 1.33. The molecule has 0 atom stereocenters. The Kier molecular flexibility index (Phi) is 4.90. The molecule has 104 valence electrons. The van der Waals surface area contributed by atoms with Crippen LogP contribution >= 0.6 is 11.3 Å². The highest BCUT2D eigenvalue weighted by Crippen LogP contribution is 2.28. The fraction of sp³-hybridized carbons (Fsp3) is 0.615. The Hall–Kier alpha value is -1.43. The first-order chi connectivity index (χ1) is 9.13. The average Bonchev–Trinajstić information content (AvgIpc) is 2.97. The van der Waals surface area contributed by atoms with E-state index in [-0.39, 0.29) is 12.3 Å². The molecule has 2 amide bonds. The van der Waals surface area contributed by atoms with Crippen molar-refractivity contribution in [2.45, 2.75) is 44.9 Å². The summed E-state index contributed by atoms with van der Waals surface area (Å²) in [5.74, 6) is 0.309. The van der Waals surface area contributed by atoms with Gasteiger partial charge in [-0.25, -0.2) is 4.98 Å². The van der Waals surface area contributed by atoms with Crippen LogP contribution in [0.25, 0.3) is 0 Å². The SMILES string of the molecule is NC(=O)Cc1csc(NC(=O)CCC2CCCC2)n1. The molecule has 0 saturated heterocycles. The van der Waals surface area contributed by atoms with Gasteiger partial charge in [0.1, 0.15) is 0 Å². The van der Waals surface area contributed by atoms with Crippen molar-refractivity contribution in [1.29, 1.82) is 0 Å². The van der Waals surface area contributed by atoms with Crippen molar-refractivity contribution in [3.8, 4) is 0 Å². The minimum absolute atomic E-state index is 0.00637. The molecule has 3 N–H and O–H groups in total. The zero-order chi connectivity index (χ0) is 13.7. The number of hydrogen-bond acceptors (Lipinski definition) is 4. The number of aromatic nitrogens is 1. The van der Waals surface area contributed by atoms with Crippen molar-refractivity contribution in [3.63, 3.8) is 0 Å². The third-order valence-electron chi connectivity index (χ3n) is 3.41. The van der Waals surface area contributed by atoms with Crippen LogP contribution in [-0.2, 0) is 16.0 Å². The number of nitrogens with zero attached hydrogens (tertiary/aromatic N) is 1. The van der Waals surface area contributed by atoms with E-state index >= 15 is 0 Å². The van der Waals surface area contributed by atoms with E-state index in [1.165, 1.54) is 37.0 Å². The molecule has 1 aliphatic rings. The second-order valence-corrected chi connectivity index (χ2v) is 5.88. The van der Waals surface area contributed by atoms with Crippen molar-refractivity contribution < 1.29 is 9.59 Å². The van der Waals surface area contributed by atoms with E-state index in [1.54, 1.807) is 5.38 Å². The van der Waals surface area contributed by atoms with E-state index < -0.39 is 5.91 Å². The third-order valence-corrected chi connectivity index (χ3v) is 4.21. The van der Waals surface area contributed by atoms with Crippen LogP contribution in [0.3, 0.4) is 0 Å². The van der Waals surface area contributed by atoms with Gasteiger partial charge < -0.3 is 11.1 Å². The highest BCUT2D eigenvalue weighted by molar-refractivity contribution is 7.13. The number of carbonyl (C=O) groups excluding carboxylic acids is 2. The van der Waals surface area contributed by atoms with E-state index in [9.17, 15) is 9.59 Å². The smallest absolute Gasteiger partial charge is 0.226 e. The Morgan fingerprint density at radius 2 is 2.16 bits per heavy atom. The molecule has 0 aromatic carbocycles. The molecule has 1 saturated carbocycles. The van der Waals surface area contributed by atoms with Gasteiger partial charge in [-0.05, 0) is 12.3 Å². The molecular weight excluding hydrogens is 262 g/mol. The predicted molar refractivity (Wildman–Crippen MR) is 74.8 cm³/mol. The van der Waals surface area contributed by atoms with Crippen molar-refractivity contribution in [3.05, 3.63) is 11.1 Å². The van der Waals surface area contributed by atoms with Gasteiger partial charge >= 0.3 is 0 Å². The molecule has 0 aliphatic heterocycles. The molecule has 1 aromatic heterocycles. The summed E-state index contributed by atoms with van der Waals surface area (Å²) in [7, 11) is 0. The number of rotatable bonds is 6. The van der Waals surface area contributed by atoms with Gasteiger partial charge in [0, 0.05) is 11.8 Å². The van der Waals surface area contributed by atoms with E-state index in [0.29, 0.717) is 23.2 Å². The molecule has 0 spiro atoms. The van der Waals surface area contributed by atoms with Crippen LogP contribution in [0.15, 0.2) is 5.38 Å². The minimum Gasteiger partial charge on any atom is -0.369 e. The number of carbonyl (C=O) groups is 2. The number of amides is 2. The van der Waals surface area contributed by atoms with Crippen molar-refractivity contribution >= 4 is 28.3 Å². The number of anilines is 1. The van der Waals surface area contributed by atoms with Gasteiger partial charge in [-0.15, -0.1) is 11.3 Å². The Morgan fingerprint density at radius 1 is 1.42 bits per heavy atom. The molecule has 0 radical (unpaired) electrons. The second kappa shape index (κ2) is 6.65. The number of hydrogen-bond donors (Lipinski definition) is 2. The molecule has 19 heavy (non-hydrogen) atoms. The number of nitrogens with one attached hydrogen (secondary N) is 1. The summed E-state index contributed by atoms with van der Waals surface area (Å²) in [6.45, 7) is 0. The molecule has 0 unspecified atom stereocenters. The number of primary amides is 1. The zero-order valence-electron chi connectivity index (χ0n) is 10.9. The van der Waals surface area contributed by atoms with Crippen LogP contribution in [-0.4, -0.2) is 16.8 Å². The number of nitrogens with two attached hydrogens (primary N) is 1.